The first-order chi connectivity index (χ1) is 13.9. The molecule has 1 fully saturated rings. The van der Waals surface area contributed by atoms with E-state index in [2.05, 4.69) is 10.6 Å². The van der Waals surface area contributed by atoms with Crippen molar-refractivity contribution in [2.24, 2.45) is 0 Å². The van der Waals surface area contributed by atoms with Gasteiger partial charge in [0.1, 0.15) is 12.1 Å². The molecule has 8 nitrogen and oxygen atoms in total. The Morgan fingerprint density at radius 3 is 2.76 bits per heavy atom. The van der Waals surface area contributed by atoms with Gasteiger partial charge in [0.15, 0.2) is 11.5 Å². The first kappa shape index (κ1) is 19.1. The van der Waals surface area contributed by atoms with Gasteiger partial charge in [-0.05, 0) is 36.2 Å². The topological polar surface area (TPSA) is 97.0 Å². The van der Waals surface area contributed by atoms with Crippen molar-refractivity contribution < 1.29 is 23.9 Å². The van der Waals surface area contributed by atoms with Gasteiger partial charge in [-0.1, -0.05) is 35.9 Å². The smallest absolute Gasteiger partial charge is 0.325 e. The summed E-state index contributed by atoms with van der Waals surface area (Å²) in [5, 5.41) is 5.87. The van der Waals surface area contributed by atoms with Gasteiger partial charge in [-0.25, -0.2) is 4.79 Å². The summed E-state index contributed by atoms with van der Waals surface area (Å²) in [6, 6.07) is 11.5. The minimum atomic E-state index is -1.30. The zero-order chi connectivity index (χ0) is 20.6. The van der Waals surface area contributed by atoms with E-state index in [-0.39, 0.29) is 13.3 Å². The average molecular weight is 416 g/mol. The highest BCUT2D eigenvalue weighted by atomic mass is 35.5. The number of carbonyl (C=O) groups is 3. The van der Waals surface area contributed by atoms with Crippen LogP contribution in [0.25, 0.3) is 0 Å². The van der Waals surface area contributed by atoms with E-state index in [1.165, 1.54) is 0 Å². The van der Waals surface area contributed by atoms with E-state index < -0.39 is 29.9 Å². The first-order valence-corrected chi connectivity index (χ1v) is 9.30. The highest BCUT2D eigenvalue weighted by Crippen LogP contribution is 2.37. The highest BCUT2D eigenvalue weighted by Gasteiger charge is 2.49. The SMILES string of the molecule is C[C@@]1(c2ccc3c(c2)OCO3)NC(=O)N(CC(=O)NCc2ccccc2Cl)C1=O. The average Bonchev–Trinajstić information content (AvgIpc) is 3.26. The van der Waals surface area contributed by atoms with Crippen molar-refractivity contribution in [3.8, 4) is 11.5 Å². The molecular formula is C20H18ClN3O5. The third-order valence-corrected chi connectivity index (χ3v) is 5.33. The number of hydrogen-bond donors (Lipinski definition) is 2. The van der Waals surface area contributed by atoms with Crippen LogP contribution in [0.15, 0.2) is 42.5 Å². The molecule has 150 valence electrons. The van der Waals surface area contributed by atoms with Gasteiger partial charge in [-0.15, -0.1) is 0 Å². The normalized spacial score (nSPS) is 20.0. The van der Waals surface area contributed by atoms with Crippen molar-refractivity contribution in [1.82, 2.24) is 15.5 Å². The maximum Gasteiger partial charge on any atom is 0.325 e. The molecule has 29 heavy (non-hydrogen) atoms. The number of halogens is 1. The van der Waals surface area contributed by atoms with Gasteiger partial charge in [0.25, 0.3) is 5.91 Å². The van der Waals surface area contributed by atoms with Gasteiger partial charge in [-0.3, -0.25) is 14.5 Å². The third kappa shape index (κ3) is 3.47. The van der Waals surface area contributed by atoms with Gasteiger partial charge in [0.05, 0.1) is 0 Å². The fourth-order valence-electron chi connectivity index (χ4n) is 3.28. The summed E-state index contributed by atoms with van der Waals surface area (Å²) in [7, 11) is 0. The Kier molecular flexibility index (Phi) is 4.79. The van der Waals surface area contributed by atoms with E-state index in [4.69, 9.17) is 21.1 Å². The third-order valence-electron chi connectivity index (χ3n) is 4.96. The molecular weight excluding hydrogens is 398 g/mol. The lowest BCUT2D eigenvalue weighted by Gasteiger charge is -2.22. The van der Waals surface area contributed by atoms with Crippen molar-refractivity contribution in [2.45, 2.75) is 19.0 Å². The second kappa shape index (κ2) is 7.29. The summed E-state index contributed by atoms with van der Waals surface area (Å²) in [6.07, 6.45) is 0. The van der Waals surface area contributed by atoms with Crippen LogP contribution < -0.4 is 20.1 Å². The summed E-state index contributed by atoms with van der Waals surface area (Å²) in [4.78, 5) is 38.6. The summed E-state index contributed by atoms with van der Waals surface area (Å²) in [6.45, 7) is 1.50. The molecule has 0 bridgehead atoms. The molecule has 2 aromatic carbocycles. The Morgan fingerprint density at radius 1 is 1.21 bits per heavy atom. The number of hydrogen-bond acceptors (Lipinski definition) is 5. The molecule has 2 aliphatic heterocycles. The molecule has 2 aromatic rings. The Hall–Kier alpha value is -3.26. The van der Waals surface area contributed by atoms with Crippen molar-refractivity contribution >= 4 is 29.4 Å². The van der Waals surface area contributed by atoms with Gasteiger partial charge in [0, 0.05) is 11.6 Å². The van der Waals surface area contributed by atoms with E-state index in [1.54, 1.807) is 43.3 Å². The lowest BCUT2D eigenvalue weighted by atomic mass is 9.91. The minimum absolute atomic E-state index is 0.105. The first-order valence-electron chi connectivity index (χ1n) is 8.93. The summed E-state index contributed by atoms with van der Waals surface area (Å²) in [5.41, 5.74) is -0.0230. The Balaban J connectivity index is 1.45. The van der Waals surface area contributed by atoms with Crippen molar-refractivity contribution in [3.05, 3.63) is 58.6 Å². The number of nitrogens with zero attached hydrogens (tertiary/aromatic N) is 1. The number of urea groups is 1. The van der Waals surface area contributed by atoms with Crippen LogP contribution in [0.3, 0.4) is 0 Å². The number of benzene rings is 2. The molecule has 0 spiro atoms. The number of ether oxygens (including phenoxy) is 2. The van der Waals surface area contributed by atoms with Crippen LogP contribution in [0.1, 0.15) is 18.1 Å². The number of imide groups is 1. The molecule has 1 atom stereocenters. The van der Waals surface area contributed by atoms with Crippen molar-refractivity contribution in [2.75, 3.05) is 13.3 Å². The Bertz CT molecular complexity index is 1010. The zero-order valence-electron chi connectivity index (χ0n) is 15.5. The number of fused-ring (bicyclic) bond motifs is 1. The van der Waals surface area contributed by atoms with Crippen molar-refractivity contribution in [1.29, 1.82) is 0 Å². The highest BCUT2D eigenvalue weighted by molar-refractivity contribution is 6.31. The molecule has 0 unspecified atom stereocenters. The van der Waals surface area contributed by atoms with E-state index >= 15 is 0 Å². The van der Waals surface area contributed by atoms with Crippen LogP contribution in [0.2, 0.25) is 5.02 Å². The molecule has 9 heteroatoms. The number of nitrogens with one attached hydrogen (secondary N) is 2. The summed E-state index contributed by atoms with van der Waals surface area (Å²) >= 11 is 6.07. The van der Waals surface area contributed by atoms with Crippen LogP contribution in [-0.2, 0) is 21.7 Å². The monoisotopic (exact) mass is 415 g/mol. The van der Waals surface area contributed by atoms with E-state index in [9.17, 15) is 14.4 Å². The van der Waals surface area contributed by atoms with Gasteiger partial charge >= 0.3 is 6.03 Å². The van der Waals surface area contributed by atoms with Gasteiger partial charge in [0.2, 0.25) is 12.7 Å². The van der Waals surface area contributed by atoms with E-state index in [0.29, 0.717) is 22.1 Å². The maximum absolute atomic E-state index is 13.0. The molecule has 2 heterocycles. The van der Waals surface area contributed by atoms with Crippen LogP contribution in [0.4, 0.5) is 4.79 Å². The fraction of sp³-hybridized carbons (Fsp3) is 0.250. The second-order valence-corrected chi connectivity index (χ2v) is 7.29. The van der Waals surface area contributed by atoms with Crippen LogP contribution in [-0.4, -0.2) is 36.1 Å². The zero-order valence-corrected chi connectivity index (χ0v) is 16.3. The summed E-state index contributed by atoms with van der Waals surface area (Å²) in [5.74, 6) is 0.0873. The van der Waals surface area contributed by atoms with Crippen LogP contribution >= 0.6 is 11.6 Å². The lowest BCUT2D eigenvalue weighted by Crippen LogP contribution is -2.43. The largest absolute Gasteiger partial charge is 0.454 e. The molecule has 4 rings (SSSR count). The van der Waals surface area contributed by atoms with Gasteiger partial charge in [-0.2, -0.15) is 0 Å². The molecule has 0 aliphatic carbocycles. The quantitative estimate of drug-likeness (QED) is 0.729. The predicted octanol–water partition coefficient (Wildman–Crippen LogP) is 2.15. The summed E-state index contributed by atoms with van der Waals surface area (Å²) < 4.78 is 10.6. The molecule has 0 radical (unpaired) electrons. The molecule has 1 saturated heterocycles. The fourth-order valence-corrected chi connectivity index (χ4v) is 3.48. The molecule has 2 aliphatic rings. The number of rotatable bonds is 5. The van der Waals surface area contributed by atoms with E-state index in [0.717, 1.165) is 10.5 Å². The number of carbonyl (C=O) groups excluding carboxylic acids is 3. The predicted molar refractivity (Wildman–Crippen MR) is 103 cm³/mol. The standard InChI is InChI=1S/C20H18ClN3O5/c1-20(13-6-7-15-16(8-13)29-11-28-15)18(26)24(19(27)23-20)10-17(25)22-9-12-4-2-3-5-14(12)21/h2-8H,9-11H2,1H3,(H,22,25)(H,23,27)/t20-/m0/s1. The van der Waals surface area contributed by atoms with Crippen LogP contribution in [0.5, 0.6) is 11.5 Å². The van der Waals surface area contributed by atoms with Gasteiger partial charge < -0.3 is 20.1 Å². The molecule has 0 aromatic heterocycles. The minimum Gasteiger partial charge on any atom is -0.454 e. The van der Waals surface area contributed by atoms with E-state index in [1.807, 2.05) is 6.07 Å². The Morgan fingerprint density at radius 2 is 1.97 bits per heavy atom. The number of amides is 4. The lowest BCUT2D eigenvalue weighted by molar-refractivity contribution is -0.134. The second-order valence-electron chi connectivity index (χ2n) is 6.88. The maximum atomic E-state index is 13.0. The molecule has 2 N–H and O–H groups in total. The molecule has 0 saturated carbocycles. The van der Waals surface area contributed by atoms with Crippen molar-refractivity contribution in [3.63, 3.8) is 0 Å². The molecule has 4 amide bonds. The Labute approximate surface area is 171 Å². The van der Waals surface area contributed by atoms with Crippen LogP contribution in [0, 0.1) is 0 Å².